The number of amides is 1. The number of carbonyl (C=O) groups excluding carboxylic acids is 1. The molecule has 1 aromatic heterocycles. The van der Waals surface area contributed by atoms with E-state index in [1.807, 2.05) is 27.0 Å². The normalized spacial score (nSPS) is 17.3. The van der Waals surface area contributed by atoms with Crippen LogP contribution >= 0.6 is 11.6 Å². The van der Waals surface area contributed by atoms with E-state index >= 15 is 0 Å². The number of nitrogen functional groups attached to an aromatic ring is 1. The molecule has 1 saturated heterocycles. The first-order valence-electron chi connectivity index (χ1n) is 11.8. The third-order valence-electron chi connectivity index (χ3n) is 6.99. The summed E-state index contributed by atoms with van der Waals surface area (Å²) in [6, 6.07) is 1.84. The van der Waals surface area contributed by atoms with Crippen molar-refractivity contribution in [2.45, 2.75) is 66.3 Å². The lowest BCUT2D eigenvalue weighted by Gasteiger charge is -2.32. The van der Waals surface area contributed by atoms with Gasteiger partial charge in [0.05, 0.1) is 18.2 Å². The smallest absolute Gasteiger partial charge is 0.220 e. The molecule has 2 aromatic rings. The van der Waals surface area contributed by atoms with Crippen LogP contribution in [0.1, 0.15) is 81.7 Å². The molecule has 0 saturated carbocycles. The average molecular weight is 486 g/mol. The van der Waals surface area contributed by atoms with Crippen molar-refractivity contribution >= 4 is 34.7 Å². The Hall–Kier alpha value is -2.80. The Kier molecular flexibility index (Phi) is 8.08. The van der Waals surface area contributed by atoms with Crippen LogP contribution in [0.25, 0.3) is 5.57 Å². The molecule has 8 heteroatoms. The third kappa shape index (κ3) is 4.85. The zero-order valence-electron chi connectivity index (χ0n) is 21.3. The fourth-order valence-electron chi connectivity index (χ4n) is 4.57. The zero-order chi connectivity index (χ0) is 25.2. The summed E-state index contributed by atoms with van der Waals surface area (Å²) in [5, 5.41) is 3.60. The molecule has 2 unspecified atom stereocenters. The molecule has 3 N–H and O–H groups in total. The maximum absolute atomic E-state index is 12.0. The Morgan fingerprint density at radius 1 is 1.35 bits per heavy atom. The van der Waals surface area contributed by atoms with Crippen molar-refractivity contribution in [2.75, 3.05) is 30.8 Å². The molecule has 2 heterocycles. The van der Waals surface area contributed by atoms with Gasteiger partial charge in [-0.25, -0.2) is 9.97 Å². The Morgan fingerprint density at radius 3 is 2.65 bits per heavy atom. The fraction of sp³-hybridized carbons (Fsp3) is 0.500. The maximum Gasteiger partial charge on any atom is 0.220 e. The van der Waals surface area contributed by atoms with Crippen molar-refractivity contribution in [3.8, 4) is 5.75 Å². The van der Waals surface area contributed by atoms with Crippen molar-refractivity contribution in [1.82, 2.24) is 15.3 Å². The van der Waals surface area contributed by atoms with Gasteiger partial charge in [-0.1, -0.05) is 24.1 Å². The number of nitrogens with two attached hydrogens (primary N) is 1. The number of hydrogen-bond acceptors (Lipinski definition) is 6. The number of carbonyl (C=O) groups is 1. The second-order valence-electron chi connectivity index (χ2n) is 8.96. The van der Waals surface area contributed by atoms with Gasteiger partial charge in [-0.15, -0.1) is 0 Å². The van der Waals surface area contributed by atoms with Crippen LogP contribution in [-0.4, -0.2) is 36.1 Å². The first kappa shape index (κ1) is 25.8. The molecule has 1 aromatic carbocycles. The topological polar surface area (TPSA) is 93.4 Å². The minimum atomic E-state index is -0.133. The summed E-state index contributed by atoms with van der Waals surface area (Å²) >= 11 is 6.74. The van der Waals surface area contributed by atoms with Gasteiger partial charge in [0, 0.05) is 42.1 Å². The van der Waals surface area contributed by atoms with E-state index in [-0.39, 0.29) is 17.9 Å². The Balaban J connectivity index is 2.16. The largest absolute Gasteiger partial charge is 0.493 e. The molecule has 1 fully saturated rings. The molecule has 0 bridgehead atoms. The third-order valence-corrected chi connectivity index (χ3v) is 7.39. The molecular formula is C26H36ClN5O2. The van der Waals surface area contributed by atoms with Gasteiger partial charge in [0.15, 0.2) is 0 Å². The molecule has 2 atom stereocenters. The number of ether oxygens (including phenoxy) is 1. The van der Waals surface area contributed by atoms with Crippen LogP contribution in [0.2, 0.25) is 5.02 Å². The minimum absolute atomic E-state index is 0.0200. The van der Waals surface area contributed by atoms with Gasteiger partial charge in [0.2, 0.25) is 5.91 Å². The quantitative estimate of drug-likeness (QED) is 0.518. The number of halogens is 1. The summed E-state index contributed by atoms with van der Waals surface area (Å²) in [6.07, 6.45) is 2.84. The van der Waals surface area contributed by atoms with Crippen LogP contribution in [0, 0.1) is 6.92 Å². The van der Waals surface area contributed by atoms with Gasteiger partial charge in [0.25, 0.3) is 0 Å². The highest BCUT2D eigenvalue weighted by Crippen LogP contribution is 2.44. The number of allylic oxidation sites excluding steroid dienone is 2. The predicted molar refractivity (Wildman–Crippen MR) is 140 cm³/mol. The molecule has 0 radical (unpaired) electrons. The van der Waals surface area contributed by atoms with Gasteiger partial charge in [-0.2, -0.15) is 0 Å². The van der Waals surface area contributed by atoms with Crippen LogP contribution in [0.4, 0.5) is 11.6 Å². The van der Waals surface area contributed by atoms with Crippen LogP contribution in [0.15, 0.2) is 18.0 Å². The fourth-order valence-corrected chi connectivity index (χ4v) is 4.79. The summed E-state index contributed by atoms with van der Waals surface area (Å²) in [4.78, 5) is 23.0. The van der Waals surface area contributed by atoms with E-state index in [0.29, 0.717) is 30.4 Å². The first-order valence-corrected chi connectivity index (χ1v) is 12.2. The van der Waals surface area contributed by atoms with Crippen molar-refractivity contribution < 1.29 is 9.53 Å². The van der Waals surface area contributed by atoms with Crippen LogP contribution in [0.5, 0.6) is 5.75 Å². The molecular weight excluding hydrogens is 450 g/mol. The molecule has 0 aliphatic carbocycles. The van der Waals surface area contributed by atoms with E-state index in [9.17, 15) is 4.79 Å². The Morgan fingerprint density at radius 2 is 2.06 bits per heavy atom. The number of aromatic nitrogens is 2. The highest BCUT2D eigenvalue weighted by atomic mass is 35.5. The molecule has 1 aliphatic heterocycles. The number of hydrogen-bond donors (Lipinski definition) is 2. The summed E-state index contributed by atoms with van der Waals surface area (Å²) in [7, 11) is 1.99. The van der Waals surface area contributed by atoms with E-state index in [2.05, 4.69) is 47.9 Å². The number of nitrogens with one attached hydrogen (secondary N) is 1. The van der Waals surface area contributed by atoms with Crippen LogP contribution < -0.4 is 20.7 Å². The summed E-state index contributed by atoms with van der Waals surface area (Å²) in [5.74, 6) is 2.08. The lowest BCUT2D eigenvalue weighted by molar-refractivity contribution is -0.119. The number of nitrogens with zero attached hydrogens (tertiary/aromatic N) is 3. The number of rotatable bonds is 8. The molecule has 184 valence electrons. The lowest BCUT2D eigenvalue weighted by atomic mass is 9.89. The van der Waals surface area contributed by atoms with E-state index in [0.717, 1.165) is 45.8 Å². The molecule has 0 spiro atoms. The second kappa shape index (κ2) is 10.6. The average Bonchev–Trinajstić information content (AvgIpc) is 3.25. The summed E-state index contributed by atoms with van der Waals surface area (Å²) < 4.78 is 6.22. The molecule has 1 aliphatic rings. The van der Waals surface area contributed by atoms with E-state index in [1.165, 1.54) is 11.9 Å². The van der Waals surface area contributed by atoms with E-state index in [1.54, 1.807) is 0 Å². The van der Waals surface area contributed by atoms with Crippen molar-refractivity contribution in [1.29, 1.82) is 0 Å². The highest BCUT2D eigenvalue weighted by molar-refractivity contribution is 6.31. The van der Waals surface area contributed by atoms with E-state index < -0.39 is 0 Å². The van der Waals surface area contributed by atoms with Gasteiger partial charge in [-0.3, -0.25) is 4.79 Å². The predicted octanol–water partition coefficient (Wildman–Crippen LogP) is 5.42. The molecule has 1 amide bonds. The molecule has 3 rings (SSSR count). The van der Waals surface area contributed by atoms with Crippen molar-refractivity contribution in [3.63, 3.8) is 0 Å². The van der Waals surface area contributed by atoms with Gasteiger partial charge in [0.1, 0.15) is 23.7 Å². The van der Waals surface area contributed by atoms with Crippen LogP contribution in [0.3, 0.4) is 0 Å². The first-order chi connectivity index (χ1) is 16.1. The standard InChI is InChI=1S/C26H36ClN5O2/c1-8-14(3)15(4)23-25(28)30-13-31-26(23)32(7)17(6)19-11-20(27)16(5)22(24(19)34-9-2)18-10-21(33)29-12-18/h11,13,17-18H,8-10,12H2,1-7H3,(H,29,33)(H2,28,30,31). The summed E-state index contributed by atoms with van der Waals surface area (Å²) in [5.41, 5.74) is 12.4. The molecule has 34 heavy (non-hydrogen) atoms. The number of anilines is 2. The maximum atomic E-state index is 12.0. The van der Waals surface area contributed by atoms with Gasteiger partial charge < -0.3 is 20.7 Å². The summed E-state index contributed by atoms with van der Waals surface area (Å²) in [6.45, 7) is 13.4. The van der Waals surface area contributed by atoms with Gasteiger partial charge >= 0.3 is 0 Å². The lowest BCUT2D eigenvalue weighted by Crippen LogP contribution is -2.26. The van der Waals surface area contributed by atoms with Crippen LogP contribution in [-0.2, 0) is 4.79 Å². The minimum Gasteiger partial charge on any atom is -0.493 e. The molecule has 7 nitrogen and oxygen atoms in total. The highest BCUT2D eigenvalue weighted by Gasteiger charge is 2.32. The monoisotopic (exact) mass is 485 g/mol. The Labute approximate surface area is 207 Å². The van der Waals surface area contributed by atoms with Crippen molar-refractivity contribution in [3.05, 3.63) is 45.2 Å². The number of benzene rings is 1. The second-order valence-corrected chi connectivity index (χ2v) is 9.36. The van der Waals surface area contributed by atoms with E-state index in [4.69, 9.17) is 22.1 Å². The Bertz CT molecular complexity index is 1110. The van der Waals surface area contributed by atoms with Gasteiger partial charge in [-0.05, 0) is 58.2 Å². The van der Waals surface area contributed by atoms with Crippen molar-refractivity contribution in [2.24, 2.45) is 0 Å². The zero-order valence-corrected chi connectivity index (χ0v) is 22.0. The SMILES string of the molecule is CCOc1c(C(C)N(C)c2ncnc(N)c2C(C)=C(C)CC)cc(Cl)c(C)c1C1CNC(=O)C1.